The maximum absolute atomic E-state index is 5.91. The Hall–Kier alpha value is -0.860. The Balaban J connectivity index is 2.07. The molecule has 1 aromatic carbocycles. The van der Waals surface area contributed by atoms with Crippen LogP contribution in [0.25, 0.3) is 0 Å². The molecule has 0 amide bonds. The monoisotopic (exact) mass is 233 g/mol. The summed E-state index contributed by atoms with van der Waals surface area (Å²) in [7, 11) is 0. The molecule has 1 saturated heterocycles. The van der Waals surface area contributed by atoms with E-state index in [2.05, 4.69) is 38.1 Å². The predicted octanol–water partition coefficient (Wildman–Crippen LogP) is 2.72. The largest absolute Gasteiger partial charge is 0.381 e. The second kappa shape index (κ2) is 5.19. The van der Waals surface area contributed by atoms with Gasteiger partial charge in [-0.05, 0) is 29.9 Å². The smallest absolute Gasteiger partial charge is 0.0538 e. The number of hydrogen-bond donors (Lipinski definition) is 1. The van der Waals surface area contributed by atoms with Crippen LogP contribution in [0, 0.1) is 5.41 Å². The molecule has 0 bridgehead atoms. The first-order valence-electron chi connectivity index (χ1n) is 6.52. The zero-order valence-corrected chi connectivity index (χ0v) is 10.9. The van der Waals surface area contributed by atoms with Crippen molar-refractivity contribution in [2.75, 3.05) is 19.8 Å². The van der Waals surface area contributed by atoms with Gasteiger partial charge >= 0.3 is 0 Å². The van der Waals surface area contributed by atoms with E-state index in [0.29, 0.717) is 5.92 Å². The van der Waals surface area contributed by atoms with Gasteiger partial charge in [-0.15, -0.1) is 0 Å². The molecule has 94 valence electrons. The topological polar surface area (TPSA) is 35.2 Å². The molecule has 1 aliphatic heterocycles. The fourth-order valence-corrected chi connectivity index (χ4v) is 2.48. The highest BCUT2D eigenvalue weighted by molar-refractivity contribution is 5.25. The van der Waals surface area contributed by atoms with Crippen LogP contribution in [0.1, 0.15) is 37.3 Å². The van der Waals surface area contributed by atoms with Gasteiger partial charge in [-0.1, -0.05) is 38.1 Å². The van der Waals surface area contributed by atoms with Crippen molar-refractivity contribution in [3.05, 3.63) is 35.4 Å². The normalized spacial score (nSPS) is 24.5. The minimum atomic E-state index is 0.180. The minimum absolute atomic E-state index is 0.180. The van der Waals surface area contributed by atoms with Crippen LogP contribution in [-0.4, -0.2) is 19.8 Å². The Morgan fingerprint density at radius 1 is 1.29 bits per heavy atom. The second-order valence-electron chi connectivity index (χ2n) is 5.58. The first kappa shape index (κ1) is 12.6. The van der Waals surface area contributed by atoms with Crippen LogP contribution in [0.4, 0.5) is 0 Å². The van der Waals surface area contributed by atoms with E-state index in [1.165, 1.54) is 11.1 Å². The standard InChI is InChI=1S/C15H23NO/c1-12(2)14-5-3-13(4-6-14)9-15(10-16)7-8-17-11-15/h3-6,12H,7-11,16H2,1-2H3. The molecule has 0 aliphatic carbocycles. The number of hydrogen-bond acceptors (Lipinski definition) is 2. The Bertz CT molecular complexity index is 350. The summed E-state index contributed by atoms with van der Waals surface area (Å²) in [6.45, 7) is 6.85. The van der Waals surface area contributed by atoms with E-state index in [0.717, 1.165) is 32.6 Å². The van der Waals surface area contributed by atoms with Crippen molar-refractivity contribution in [3.63, 3.8) is 0 Å². The molecule has 1 fully saturated rings. The average molecular weight is 233 g/mol. The van der Waals surface area contributed by atoms with E-state index in [4.69, 9.17) is 10.5 Å². The van der Waals surface area contributed by atoms with Gasteiger partial charge < -0.3 is 10.5 Å². The minimum Gasteiger partial charge on any atom is -0.381 e. The van der Waals surface area contributed by atoms with E-state index in [-0.39, 0.29) is 5.41 Å². The van der Waals surface area contributed by atoms with Crippen molar-refractivity contribution >= 4 is 0 Å². The first-order valence-corrected chi connectivity index (χ1v) is 6.52. The van der Waals surface area contributed by atoms with Gasteiger partial charge in [0.25, 0.3) is 0 Å². The maximum atomic E-state index is 5.91. The van der Waals surface area contributed by atoms with Gasteiger partial charge in [0.15, 0.2) is 0 Å². The van der Waals surface area contributed by atoms with Gasteiger partial charge in [0.2, 0.25) is 0 Å². The first-order chi connectivity index (χ1) is 8.15. The van der Waals surface area contributed by atoms with Crippen LogP contribution in [0.5, 0.6) is 0 Å². The van der Waals surface area contributed by atoms with Crippen molar-refractivity contribution < 1.29 is 4.74 Å². The average Bonchev–Trinajstić information content (AvgIpc) is 2.79. The Morgan fingerprint density at radius 3 is 2.47 bits per heavy atom. The summed E-state index contributed by atoms with van der Waals surface area (Å²) in [5, 5.41) is 0. The molecule has 1 atom stereocenters. The Morgan fingerprint density at radius 2 is 2.00 bits per heavy atom. The Kier molecular flexibility index (Phi) is 3.85. The molecule has 2 N–H and O–H groups in total. The summed E-state index contributed by atoms with van der Waals surface area (Å²) in [6.07, 6.45) is 2.14. The summed E-state index contributed by atoms with van der Waals surface area (Å²) in [6, 6.07) is 8.95. The lowest BCUT2D eigenvalue weighted by molar-refractivity contribution is 0.154. The van der Waals surface area contributed by atoms with Crippen LogP contribution >= 0.6 is 0 Å². The maximum Gasteiger partial charge on any atom is 0.0538 e. The second-order valence-corrected chi connectivity index (χ2v) is 5.58. The molecular weight excluding hydrogens is 210 g/mol. The van der Waals surface area contributed by atoms with Gasteiger partial charge in [0.05, 0.1) is 6.61 Å². The van der Waals surface area contributed by atoms with Crippen LogP contribution in [0.3, 0.4) is 0 Å². The zero-order valence-electron chi connectivity index (χ0n) is 10.9. The van der Waals surface area contributed by atoms with Crippen molar-refractivity contribution in [1.29, 1.82) is 0 Å². The predicted molar refractivity (Wildman–Crippen MR) is 71.2 cm³/mol. The lowest BCUT2D eigenvalue weighted by Gasteiger charge is -2.25. The molecule has 2 rings (SSSR count). The van der Waals surface area contributed by atoms with Crippen LogP contribution < -0.4 is 5.73 Å². The number of ether oxygens (including phenoxy) is 1. The number of benzene rings is 1. The van der Waals surface area contributed by atoms with Crippen LogP contribution in [0.2, 0.25) is 0 Å². The highest BCUT2D eigenvalue weighted by Gasteiger charge is 2.33. The molecule has 0 spiro atoms. The molecular formula is C15H23NO. The van der Waals surface area contributed by atoms with Gasteiger partial charge in [-0.25, -0.2) is 0 Å². The van der Waals surface area contributed by atoms with Crippen molar-refractivity contribution in [2.24, 2.45) is 11.1 Å². The highest BCUT2D eigenvalue weighted by Crippen LogP contribution is 2.31. The molecule has 1 unspecified atom stereocenters. The highest BCUT2D eigenvalue weighted by atomic mass is 16.5. The van der Waals surface area contributed by atoms with E-state index in [9.17, 15) is 0 Å². The lowest BCUT2D eigenvalue weighted by atomic mass is 9.81. The summed E-state index contributed by atoms with van der Waals surface area (Å²) >= 11 is 0. The molecule has 17 heavy (non-hydrogen) atoms. The summed E-state index contributed by atoms with van der Waals surface area (Å²) in [5.41, 5.74) is 8.88. The third-order valence-electron chi connectivity index (χ3n) is 3.84. The van der Waals surface area contributed by atoms with E-state index >= 15 is 0 Å². The van der Waals surface area contributed by atoms with Gasteiger partial charge in [0, 0.05) is 18.6 Å². The molecule has 1 aliphatic rings. The number of rotatable bonds is 4. The van der Waals surface area contributed by atoms with E-state index in [1.54, 1.807) is 0 Å². The van der Waals surface area contributed by atoms with E-state index in [1.807, 2.05) is 0 Å². The zero-order chi connectivity index (χ0) is 12.3. The van der Waals surface area contributed by atoms with Gasteiger partial charge in [0.1, 0.15) is 0 Å². The molecule has 0 saturated carbocycles. The summed E-state index contributed by atoms with van der Waals surface area (Å²) < 4.78 is 5.51. The summed E-state index contributed by atoms with van der Waals surface area (Å²) in [4.78, 5) is 0. The SMILES string of the molecule is CC(C)c1ccc(CC2(CN)CCOC2)cc1. The molecule has 2 nitrogen and oxygen atoms in total. The summed E-state index contributed by atoms with van der Waals surface area (Å²) in [5.74, 6) is 0.599. The van der Waals surface area contributed by atoms with Crippen LogP contribution in [0.15, 0.2) is 24.3 Å². The van der Waals surface area contributed by atoms with Gasteiger partial charge in [-0.2, -0.15) is 0 Å². The molecule has 1 aromatic rings. The van der Waals surface area contributed by atoms with Gasteiger partial charge in [-0.3, -0.25) is 0 Å². The van der Waals surface area contributed by atoms with Crippen molar-refractivity contribution in [3.8, 4) is 0 Å². The Labute approximate surface area is 104 Å². The quantitative estimate of drug-likeness (QED) is 0.868. The third kappa shape index (κ3) is 2.88. The van der Waals surface area contributed by atoms with Crippen molar-refractivity contribution in [2.45, 2.75) is 32.6 Å². The molecule has 0 radical (unpaired) electrons. The van der Waals surface area contributed by atoms with Crippen molar-refractivity contribution in [1.82, 2.24) is 0 Å². The van der Waals surface area contributed by atoms with E-state index < -0.39 is 0 Å². The molecule has 2 heteroatoms. The van der Waals surface area contributed by atoms with Crippen LogP contribution in [-0.2, 0) is 11.2 Å². The third-order valence-corrected chi connectivity index (χ3v) is 3.84. The molecule has 0 aromatic heterocycles. The fourth-order valence-electron chi connectivity index (χ4n) is 2.48. The number of nitrogens with two attached hydrogens (primary N) is 1. The lowest BCUT2D eigenvalue weighted by Crippen LogP contribution is -2.33. The molecule has 1 heterocycles. The fraction of sp³-hybridized carbons (Fsp3) is 0.600.